The third-order valence-electron chi connectivity index (χ3n) is 5.43. The number of aromatic nitrogens is 3. The molecule has 2 aliphatic heterocycles. The van der Waals surface area contributed by atoms with Crippen LogP contribution in [0.2, 0.25) is 0 Å². The summed E-state index contributed by atoms with van der Waals surface area (Å²) < 4.78 is 7.86. The summed E-state index contributed by atoms with van der Waals surface area (Å²) in [5.41, 5.74) is 1.85. The van der Waals surface area contributed by atoms with Crippen LogP contribution in [0.4, 0.5) is 0 Å². The number of nitrogens with zero attached hydrogens (tertiary/aromatic N) is 4. The number of hydrogen-bond acceptors (Lipinski definition) is 5. The molecule has 4 rings (SSSR count). The fourth-order valence-electron chi connectivity index (χ4n) is 4.12. The van der Waals surface area contributed by atoms with Crippen LogP contribution in [0, 0.1) is 11.8 Å². The Bertz CT molecular complexity index is 747. The van der Waals surface area contributed by atoms with Crippen LogP contribution < -0.4 is 5.32 Å². The molecule has 7 nitrogen and oxygen atoms in total. The van der Waals surface area contributed by atoms with Crippen LogP contribution in [0.25, 0.3) is 0 Å². The third kappa shape index (κ3) is 3.78. The largest absolute Gasteiger partial charge is 0.376 e. The van der Waals surface area contributed by atoms with E-state index in [4.69, 9.17) is 4.74 Å². The molecule has 2 aromatic rings. The van der Waals surface area contributed by atoms with Gasteiger partial charge < -0.3 is 10.1 Å². The van der Waals surface area contributed by atoms with Crippen molar-refractivity contribution >= 4 is 5.91 Å². The fourth-order valence-corrected chi connectivity index (χ4v) is 4.12. The van der Waals surface area contributed by atoms with Gasteiger partial charge in [0.05, 0.1) is 24.5 Å². The number of amides is 1. The Labute approximate surface area is 153 Å². The lowest BCUT2D eigenvalue weighted by Crippen LogP contribution is -2.43. The summed E-state index contributed by atoms with van der Waals surface area (Å²) in [5, 5.41) is 7.25. The Morgan fingerprint density at radius 3 is 3.12 bits per heavy atom. The second kappa shape index (κ2) is 7.55. The van der Waals surface area contributed by atoms with E-state index in [0.717, 1.165) is 32.7 Å². The molecule has 0 radical (unpaired) electrons. The minimum atomic E-state index is -0.0841. The number of fused-ring (bicyclic) bond motifs is 1. The summed E-state index contributed by atoms with van der Waals surface area (Å²) >= 11 is 0. The van der Waals surface area contributed by atoms with E-state index in [0.29, 0.717) is 23.9 Å². The molecule has 3 atom stereocenters. The van der Waals surface area contributed by atoms with E-state index in [2.05, 4.69) is 26.5 Å². The predicted octanol–water partition coefficient (Wildman–Crippen LogP) is 1.08. The number of pyridine rings is 1. The van der Waals surface area contributed by atoms with Gasteiger partial charge in [-0.15, -0.1) is 0 Å². The zero-order chi connectivity index (χ0) is 17.9. The monoisotopic (exact) mass is 355 g/mol. The molecule has 0 bridgehead atoms. The smallest absolute Gasteiger partial charge is 0.252 e. The van der Waals surface area contributed by atoms with Gasteiger partial charge in [-0.3, -0.25) is 19.4 Å². The van der Waals surface area contributed by atoms with Crippen molar-refractivity contribution in [2.45, 2.75) is 19.1 Å². The Hall–Kier alpha value is -2.25. The van der Waals surface area contributed by atoms with Gasteiger partial charge in [-0.1, -0.05) is 0 Å². The molecule has 0 aliphatic carbocycles. The lowest BCUT2D eigenvalue weighted by Gasteiger charge is -2.35. The van der Waals surface area contributed by atoms with Crippen molar-refractivity contribution in [2.24, 2.45) is 18.9 Å². The first kappa shape index (κ1) is 17.2. The molecule has 1 amide bonds. The van der Waals surface area contributed by atoms with Gasteiger partial charge >= 0.3 is 0 Å². The van der Waals surface area contributed by atoms with Gasteiger partial charge in [-0.05, 0) is 31.0 Å². The second-order valence-electron chi connectivity index (χ2n) is 7.29. The summed E-state index contributed by atoms with van der Waals surface area (Å²) in [6, 6.07) is 3.55. The minimum Gasteiger partial charge on any atom is -0.376 e. The summed E-state index contributed by atoms with van der Waals surface area (Å²) in [4.78, 5) is 18.7. The predicted molar refractivity (Wildman–Crippen MR) is 96.4 cm³/mol. The summed E-state index contributed by atoms with van der Waals surface area (Å²) in [5.74, 6) is 0.981. The van der Waals surface area contributed by atoms with E-state index in [1.54, 1.807) is 24.5 Å². The highest BCUT2D eigenvalue weighted by molar-refractivity contribution is 5.93. The zero-order valence-electron chi connectivity index (χ0n) is 15.0. The van der Waals surface area contributed by atoms with Gasteiger partial charge in [0.25, 0.3) is 5.91 Å². The average Bonchev–Trinajstić information content (AvgIpc) is 3.26. The molecule has 0 spiro atoms. The van der Waals surface area contributed by atoms with E-state index in [-0.39, 0.29) is 12.0 Å². The van der Waals surface area contributed by atoms with Crippen LogP contribution in [0.15, 0.2) is 36.9 Å². The molecule has 4 heterocycles. The molecule has 0 unspecified atom stereocenters. The van der Waals surface area contributed by atoms with Crippen molar-refractivity contribution in [1.82, 2.24) is 25.0 Å². The molecule has 0 saturated carbocycles. The number of aryl methyl sites for hydroxylation is 1. The number of likely N-dealkylation sites (tertiary alicyclic amines) is 1. The van der Waals surface area contributed by atoms with Crippen LogP contribution in [-0.2, 0) is 18.3 Å². The average molecular weight is 355 g/mol. The van der Waals surface area contributed by atoms with E-state index in [9.17, 15) is 4.79 Å². The Kier molecular flexibility index (Phi) is 4.99. The lowest BCUT2D eigenvalue weighted by molar-refractivity contribution is 0.0743. The first-order valence-corrected chi connectivity index (χ1v) is 9.19. The van der Waals surface area contributed by atoms with E-state index in [1.165, 1.54) is 5.56 Å². The quantitative estimate of drug-likeness (QED) is 0.869. The maximum Gasteiger partial charge on any atom is 0.252 e. The van der Waals surface area contributed by atoms with Crippen LogP contribution in [0.1, 0.15) is 22.3 Å². The Morgan fingerprint density at radius 2 is 2.35 bits per heavy atom. The molecule has 138 valence electrons. The van der Waals surface area contributed by atoms with E-state index >= 15 is 0 Å². The molecule has 2 fully saturated rings. The topological polar surface area (TPSA) is 72.3 Å². The molecule has 2 aromatic heterocycles. The second-order valence-corrected chi connectivity index (χ2v) is 7.29. The number of carbonyl (C=O) groups excluding carboxylic acids is 1. The van der Waals surface area contributed by atoms with Crippen LogP contribution in [0.3, 0.4) is 0 Å². The van der Waals surface area contributed by atoms with Crippen LogP contribution in [-0.4, -0.2) is 57.9 Å². The van der Waals surface area contributed by atoms with Crippen molar-refractivity contribution in [3.63, 3.8) is 0 Å². The molecular weight excluding hydrogens is 330 g/mol. The number of hydrogen-bond donors (Lipinski definition) is 1. The van der Waals surface area contributed by atoms with Crippen molar-refractivity contribution in [1.29, 1.82) is 0 Å². The third-order valence-corrected chi connectivity index (χ3v) is 5.43. The zero-order valence-corrected chi connectivity index (χ0v) is 15.0. The first-order valence-electron chi connectivity index (χ1n) is 9.19. The van der Waals surface area contributed by atoms with Gasteiger partial charge in [0.15, 0.2) is 0 Å². The standard InChI is InChI=1S/C19H25N5O2/c1-23-10-14(7-22-23)11-24-6-4-17-16(12-24)13-26-18(17)9-21-19(25)15-3-2-5-20-8-15/h2-3,5,7-8,10,16-18H,4,6,9,11-13H2,1H3,(H,21,25)/t16-,17-,18+/m0/s1. The van der Waals surface area contributed by atoms with Crippen LogP contribution in [0.5, 0.6) is 0 Å². The van der Waals surface area contributed by atoms with Crippen molar-refractivity contribution in [3.8, 4) is 0 Å². The molecule has 7 heteroatoms. The maximum atomic E-state index is 12.2. The van der Waals surface area contributed by atoms with E-state index in [1.807, 2.05) is 17.9 Å². The maximum absolute atomic E-state index is 12.2. The molecule has 1 N–H and O–H groups in total. The highest BCUT2D eigenvalue weighted by Gasteiger charge is 2.40. The number of nitrogens with one attached hydrogen (secondary N) is 1. The van der Waals surface area contributed by atoms with Gasteiger partial charge in [-0.2, -0.15) is 5.10 Å². The Balaban J connectivity index is 1.28. The Morgan fingerprint density at radius 1 is 1.42 bits per heavy atom. The number of rotatable bonds is 5. The number of ether oxygens (including phenoxy) is 1. The van der Waals surface area contributed by atoms with Crippen LogP contribution >= 0.6 is 0 Å². The minimum absolute atomic E-state index is 0.0841. The molecule has 26 heavy (non-hydrogen) atoms. The molecular formula is C19H25N5O2. The van der Waals surface area contributed by atoms with Gasteiger partial charge in [-0.25, -0.2) is 0 Å². The van der Waals surface area contributed by atoms with Crippen molar-refractivity contribution in [2.75, 3.05) is 26.2 Å². The summed E-state index contributed by atoms with van der Waals surface area (Å²) in [6.07, 6.45) is 8.49. The SMILES string of the molecule is Cn1cc(CN2CC[C@H]3[C@H](CO[C@@H]3CNC(=O)c3cccnc3)C2)cn1. The number of piperidine rings is 1. The molecule has 2 saturated heterocycles. The van der Waals surface area contributed by atoms with Gasteiger partial charge in [0.1, 0.15) is 0 Å². The fraction of sp³-hybridized carbons (Fsp3) is 0.526. The normalized spacial score (nSPS) is 25.8. The van der Waals surface area contributed by atoms with Gasteiger partial charge in [0.2, 0.25) is 0 Å². The lowest BCUT2D eigenvalue weighted by atomic mass is 9.84. The number of carbonyl (C=O) groups is 1. The highest BCUT2D eigenvalue weighted by Crippen LogP contribution is 2.34. The summed E-state index contributed by atoms with van der Waals surface area (Å²) in [6.45, 7) is 4.40. The van der Waals surface area contributed by atoms with Gasteiger partial charge in [0, 0.05) is 56.8 Å². The highest BCUT2D eigenvalue weighted by atomic mass is 16.5. The van der Waals surface area contributed by atoms with E-state index < -0.39 is 0 Å². The first-order chi connectivity index (χ1) is 12.7. The van der Waals surface area contributed by atoms with Crippen molar-refractivity contribution in [3.05, 3.63) is 48.0 Å². The van der Waals surface area contributed by atoms with Crippen molar-refractivity contribution < 1.29 is 9.53 Å². The summed E-state index contributed by atoms with van der Waals surface area (Å²) in [7, 11) is 1.95. The molecule has 2 aliphatic rings. The molecule has 0 aromatic carbocycles.